The molecule has 1 heterocycles. The Hall–Kier alpha value is -2.78. The van der Waals surface area contributed by atoms with Crippen molar-refractivity contribution >= 4 is 16.1 Å². The Bertz CT molecular complexity index is 1010. The van der Waals surface area contributed by atoms with E-state index in [9.17, 15) is 13.2 Å². The number of ether oxygens (including phenoxy) is 2. The number of urea groups is 1. The van der Waals surface area contributed by atoms with Crippen LogP contribution in [0.2, 0.25) is 0 Å². The smallest absolute Gasteiger partial charge is 0.317 e. The van der Waals surface area contributed by atoms with Crippen LogP contribution in [0.1, 0.15) is 16.7 Å². The van der Waals surface area contributed by atoms with E-state index < -0.39 is 10.0 Å². The monoisotopic (exact) mass is 419 g/mol. The number of rotatable bonds is 6. The summed E-state index contributed by atoms with van der Waals surface area (Å²) in [6, 6.07) is 10.2. The zero-order valence-electron chi connectivity index (χ0n) is 16.7. The average molecular weight is 420 g/mol. The molecule has 0 radical (unpaired) electrons. The van der Waals surface area contributed by atoms with Gasteiger partial charge in [0.15, 0.2) is 11.5 Å². The molecule has 9 heteroatoms. The van der Waals surface area contributed by atoms with Crippen LogP contribution in [0.25, 0.3) is 0 Å². The van der Waals surface area contributed by atoms with Gasteiger partial charge in [0, 0.05) is 19.6 Å². The van der Waals surface area contributed by atoms with Gasteiger partial charge in [-0.15, -0.1) is 0 Å². The topological polar surface area (TPSA) is 97.0 Å². The van der Waals surface area contributed by atoms with Crippen LogP contribution >= 0.6 is 0 Å². The summed E-state index contributed by atoms with van der Waals surface area (Å²) in [7, 11) is 1.03. The summed E-state index contributed by atoms with van der Waals surface area (Å²) in [6.45, 7) is 1.29. The number of carbonyl (C=O) groups excluding carboxylic acids is 1. The highest BCUT2D eigenvalue weighted by Crippen LogP contribution is 2.33. The molecule has 29 heavy (non-hydrogen) atoms. The van der Waals surface area contributed by atoms with Gasteiger partial charge in [-0.2, -0.15) is 0 Å². The van der Waals surface area contributed by atoms with Crippen LogP contribution in [0, 0.1) is 0 Å². The lowest BCUT2D eigenvalue weighted by Gasteiger charge is -2.29. The van der Waals surface area contributed by atoms with Gasteiger partial charge in [-0.1, -0.05) is 12.1 Å². The molecule has 0 atom stereocenters. The van der Waals surface area contributed by atoms with E-state index >= 15 is 0 Å². The molecule has 2 N–H and O–H groups in total. The van der Waals surface area contributed by atoms with E-state index in [2.05, 4.69) is 10.0 Å². The van der Waals surface area contributed by atoms with E-state index in [1.807, 2.05) is 12.1 Å². The van der Waals surface area contributed by atoms with Crippen LogP contribution in [0.4, 0.5) is 4.79 Å². The molecule has 8 nitrogen and oxygen atoms in total. The second-order valence-corrected chi connectivity index (χ2v) is 8.55. The summed E-state index contributed by atoms with van der Waals surface area (Å²) < 4.78 is 36.8. The molecule has 2 aromatic carbocycles. The van der Waals surface area contributed by atoms with Crippen LogP contribution in [0.5, 0.6) is 11.5 Å². The van der Waals surface area contributed by atoms with Crippen LogP contribution in [-0.4, -0.2) is 47.2 Å². The fourth-order valence-electron chi connectivity index (χ4n) is 3.29. The first-order chi connectivity index (χ1) is 13.9. The third-order valence-corrected chi connectivity index (χ3v) is 6.34. The number of nitrogens with one attached hydrogen (secondary N) is 2. The largest absolute Gasteiger partial charge is 0.493 e. The molecule has 156 valence electrons. The predicted octanol–water partition coefficient (Wildman–Crippen LogP) is 1.88. The van der Waals surface area contributed by atoms with Crippen molar-refractivity contribution in [1.29, 1.82) is 0 Å². The molecule has 0 aliphatic carbocycles. The maximum atomic E-state index is 12.6. The molecular weight excluding hydrogens is 394 g/mol. The quantitative estimate of drug-likeness (QED) is 0.745. The molecule has 2 amide bonds. The van der Waals surface area contributed by atoms with Crippen molar-refractivity contribution in [3.63, 3.8) is 0 Å². The van der Waals surface area contributed by atoms with Crippen molar-refractivity contribution < 1.29 is 22.7 Å². The van der Waals surface area contributed by atoms with E-state index in [1.165, 1.54) is 13.1 Å². The highest BCUT2D eigenvalue weighted by atomic mass is 32.2. The summed E-state index contributed by atoms with van der Waals surface area (Å²) in [5.41, 5.74) is 2.86. The van der Waals surface area contributed by atoms with E-state index in [-0.39, 0.29) is 17.5 Å². The van der Waals surface area contributed by atoms with Gasteiger partial charge in [0.05, 0.1) is 19.1 Å². The third kappa shape index (κ3) is 4.63. The molecule has 0 unspecified atom stereocenters. The summed E-state index contributed by atoms with van der Waals surface area (Å²) in [4.78, 5) is 14.5. The number of nitrogens with zero attached hydrogens (tertiary/aromatic N) is 1. The van der Waals surface area contributed by atoms with Gasteiger partial charge in [-0.3, -0.25) is 0 Å². The minimum Gasteiger partial charge on any atom is -0.493 e. The van der Waals surface area contributed by atoms with Gasteiger partial charge in [0.1, 0.15) is 0 Å². The Balaban J connectivity index is 1.66. The zero-order valence-corrected chi connectivity index (χ0v) is 17.5. The minimum atomic E-state index is -3.52. The summed E-state index contributed by atoms with van der Waals surface area (Å²) in [6.07, 6.45) is 0.721. The molecule has 0 spiro atoms. The van der Waals surface area contributed by atoms with Gasteiger partial charge in [0.2, 0.25) is 10.0 Å². The maximum Gasteiger partial charge on any atom is 0.317 e. The molecule has 1 aliphatic heterocycles. The van der Waals surface area contributed by atoms with Crippen molar-refractivity contribution in [3.8, 4) is 11.5 Å². The lowest BCUT2D eigenvalue weighted by atomic mass is 9.99. The fourth-order valence-corrected chi connectivity index (χ4v) is 4.09. The van der Waals surface area contributed by atoms with Crippen molar-refractivity contribution in [1.82, 2.24) is 14.9 Å². The first kappa shape index (κ1) is 20.9. The fraction of sp³-hybridized carbons (Fsp3) is 0.350. The number of fused-ring (bicyclic) bond motifs is 1. The van der Waals surface area contributed by atoms with Gasteiger partial charge >= 0.3 is 6.03 Å². The Labute approximate surface area is 170 Å². The zero-order chi connectivity index (χ0) is 21.0. The molecule has 0 aromatic heterocycles. The number of benzene rings is 2. The lowest BCUT2D eigenvalue weighted by molar-refractivity contribution is 0.191. The Morgan fingerprint density at radius 2 is 1.79 bits per heavy atom. The molecule has 0 saturated carbocycles. The number of sulfonamides is 1. The molecular formula is C20H25N3O5S. The number of carbonyl (C=O) groups is 1. The molecule has 0 saturated heterocycles. The molecule has 0 bridgehead atoms. The standard InChI is InChI=1S/C20H25N3O5S/c1-21-29(25,26)17-6-4-5-14(9-17)12-22-20(24)23-8-7-15-10-18(27-2)19(28-3)11-16(15)13-23/h4-6,9-11,21H,7-8,12-13H2,1-3H3,(H,22,24). The number of methoxy groups -OCH3 is 2. The molecule has 3 rings (SSSR count). The van der Waals surface area contributed by atoms with Crippen molar-refractivity contribution in [2.24, 2.45) is 0 Å². The lowest BCUT2D eigenvalue weighted by Crippen LogP contribution is -2.42. The van der Waals surface area contributed by atoms with E-state index in [1.54, 1.807) is 37.3 Å². The first-order valence-corrected chi connectivity index (χ1v) is 10.6. The van der Waals surface area contributed by atoms with E-state index in [4.69, 9.17) is 9.47 Å². The SMILES string of the molecule is CNS(=O)(=O)c1cccc(CNC(=O)N2CCc3cc(OC)c(OC)cc3C2)c1. The van der Waals surface area contributed by atoms with Gasteiger partial charge < -0.3 is 19.7 Å². The van der Waals surface area contributed by atoms with Crippen LogP contribution in [0.15, 0.2) is 41.3 Å². The number of hydrogen-bond acceptors (Lipinski definition) is 5. The van der Waals surface area contributed by atoms with Crippen molar-refractivity contribution in [2.45, 2.75) is 24.4 Å². The average Bonchev–Trinajstić information content (AvgIpc) is 2.76. The minimum absolute atomic E-state index is 0.166. The van der Waals surface area contributed by atoms with Gasteiger partial charge in [-0.05, 0) is 54.4 Å². The van der Waals surface area contributed by atoms with Crippen LogP contribution in [0.3, 0.4) is 0 Å². The number of amides is 2. The number of hydrogen-bond donors (Lipinski definition) is 2. The highest BCUT2D eigenvalue weighted by molar-refractivity contribution is 7.89. The van der Waals surface area contributed by atoms with Crippen LogP contribution in [-0.2, 0) is 29.5 Å². The first-order valence-electron chi connectivity index (χ1n) is 9.17. The van der Waals surface area contributed by atoms with Gasteiger partial charge in [0.25, 0.3) is 0 Å². The summed E-state index contributed by atoms with van der Waals surface area (Å²) in [5.74, 6) is 1.32. The second-order valence-electron chi connectivity index (χ2n) is 6.66. The molecule has 0 fully saturated rings. The Morgan fingerprint density at radius 3 is 2.45 bits per heavy atom. The second kappa shape index (κ2) is 8.71. The van der Waals surface area contributed by atoms with Gasteiger partial charge in [-0.25, -0.2) is 17.9 Å². The normalized spacial score (nSPS) is 13.6. The van der Waals surface area contributed by atoms with Crippen LogP contribution < -0.4 is 19.5 Å². The maximum absolute atomic E-state index is 12.6. The van der Waals surface area contributed by atoms with Crippen molar-refractivity contribution in [3.05, 3.63) is 53.1 Å². The third-order valence-electron chi connectivity index (χ3n) is 4.93. The summed E-state index contributed by atoms with van der Waals surface area (Å²) in [5, 5.41) is 2.86. The van der Waals surface area contributed by atoms with E-state index in [0.717, 1.165) is 17.5 Å². The molecule has 2 aromatic rings. The molecule has 1 aliphatic rings. The summed E-state index contributed by atoms with van der Waals surface area (Å²) >= 11 is 0. The Morgan fingerprint density at radius 1 is 1.10 bits per heavy atom. The van der Waals surface area contributed by atoms with Crippen molar-refractivity contribution in [2.75, 3.05) is 27.8 Å². The van der Waals surface area contributed by atoms with E-state index in [0.29, 0.717) is 30.2 Å². The predicted molar refractivity (Wildman–Crippen MR) is 109 cm³/mol. The highest BCUT2D eigenvalue weighted by Gasteiger charge is 2.23. The Kier molecular flexibility index (Phi) is 6.29.